The van der Waals surface area contributed by atoms with Crippen LogP contribution in [-0.4, -0.2) is 39.0 Å². The quantitative estimate of drug-likeness (QED) is 0.800. The average Bonchev–Trinajstić information content (AvgIpc) is 2.33. The van der Waals surface area contributed by atoms with Gasteiger partial charge in [-0.05, 0) is 24.6 Å². The number of ether oxygens (including phenoxy) is 1. The Morgan fingerprint density at radius 2 is 1.94 bits per heavy atom. The molecule has 0 aliphatic carbocycles. The Hall–Kier alpha value is -0.980. The van der Waals surface area contributed by atoms with Gasteiger partial charge in [-0.1, -0.05) is 6.07 Å². The van der Waals surface area contributed by atoms with Gasteiger partial charge in [0.25, 0.3) is 0 Å². The molecule has 6 heteroatoms. The third-order valence-corrected chi connectivity index (χ3v) is 4.59. The molecule has 0 radical (unpaired) electrons. The molecule has 0 amide bonds. The first kappa shape index (κ1) is 12.5. The second kappa shape index (κ2) is 4.72. The van der Waals surface area contributed by atoms with E-state index in [4.69, 9.17) is 4.74 Å². The normalized spacial score (nSPS) is 18.2. The summed E-state index contributed by atoms with van der Waals surface area (Å²) in [6.45, 7) is 2.99. The van der Waals surface area contributed by atoms with Gasteiger partial charge in [-0.25, -0.2) is 12.8 Å². The molecule has 0 spiro atoms. The highest BCUT2D eigenvalue weighted by atomic mass is 32.2. The largest absolute Gasteiger partial charge is 0.379 e. The Bertz CT molecular complexity index is 509. The van der Waals surface area contributed by atoms with E-state index in [0.717, 1.165) is 5.56 Å². The summed E-state index contributed by atoms with van der Waals surface area (Å²) in [6.07, 6.45) is 0. The average molecular weight is 259 g/mol. The summed E-state index contributed by atoms with van der Waals surface area (Å²) in [4.78, 5) is -0.251. The molecular formula is C11H14FNO3S. The minimum absolute atomic E-state index is 0.251. The van der Waals surface area contributed by atoms with Crippen LogP contribution in [0, 0.1) is 12.7 Å². The Morgan fingerprint density at radius 3 is 2.59 bits per heavy atom. The topological polar surface area (TPSA) is 46.6 Å². The Balaban J connectivity index is 2.40. The monoisotopic (exact) mass is 259 g/mol. The van der Waals surface area contributed by atoms with Crippen molar-refractivity contribution in [2.75, 3.05) is 26.3 Å². The van der Waals surface area contributed by atoms with E-state index in [1.54, 1.807) is 13.0 Å². The second-order valence-corrected chi connectivity index (χ2v) is 5.86. The molecule has 0 bridgehead atoms. The van der Waals surface area contributed by atoms with Crippen LogP contribution in [0.1, 0.15) is 5.56 Å². The number of halogens is 1. The molecule has 1 fully saturated rings. The number of rotatable bonds is 2. The van der Waals surface area contributed by atoms with Gasteiger partial charge >= 0.3 is 0 Å². The van der Waals surface area contributed by atoms with Gasteiger partial charge in [0.2, 0.25) is 10.0 Å². The predicted octanol–water partition coefficient (Wildman–Crippen LogP) is 1.16. The summed E-state index contributed by atoms with van der Waals surface area (Å²) in [7, 11) is -3.74. The van der Waals surface area contributed by atoms with Crippen LogP contribution in [0.25, 0.3) is 0 Å². The summed E-state index contributed by atoms with van der Waals surface area (Å²) in [5.41, 5.74) is 0.721. The van der Waals surface area contributed by atoms with Crippen molar-refractivity contribution in [1.82, 2.24) is 4.31 Å². The Labute approximate surface area is 100 Å². The third kappa shape index (κ3) is 2.48. The molecule has 1 aliphatic rings. The van der Waals surface area contributed by atoms with E-state index < -0.39 is 15.8 Å². The summed E-state index contributed by atoms with van der Waals surface area (Å²) >= 11 is 0. The minimum atomic E-state index is -3.74. The minimum Gasteiger partial charge on any atom is -0.379 e. The van der Waals surface area contributed by atoms with Gasteiger partial charge in [0.1, 0.15) is 10.7 Å². The summed E-state index contributed by atoms with van der Waals surface area (Å²) < 4.78 is 44.3. The summed E-state index contributed by atoms with van der Waals surface area (Å²) in [5, 5.41) is 0. The fourth-order valence-corrected chi connectivity index (χ4v) is 3.29. The number of sulfonamides is 1. The van der Waals surface area contributed by atoms with Crippen LogP contribution in [0.15, 0.2) is 23.1 Å². The van der Waals surface area contributed by atoms with Gasteiger partial charge < -0.3 is 4.74 Å². The maximum atomic E-state index is 13.6. The molecule has 1 aliphatic heterocycles. The smallest absolute Gasteiger partial charge is 0.246 e. The highest BCUT2D eigenvalue weighted by Crippen LogP contribution is 2.21. The first-order chi connectivity index (χ1) is 8.01. The van der Waals surface area contributed by atoms with Crippen molar-refractivity contribution in [2.45, 2.75) is 11.8 Å². The molecule has 1 aromatic carbocycles. The van der Waals surface area contributed by atoms with Gasteiger partial charge in [0.05, 0.1) is 13.2 Å². The molecule has 0 unspecified atom stereocenters. The van der Waals surface area contributed by atoms with Gasteiger partial charge in [-0.2, -0.15) is 4.31 Å². The fraction of sp³-hybridized carbons (Fsp3) is 0.455. The maximum absolute atomic E-state index is 13.6. The van der Waals surface area contributed by atoms with Crippen LogP contribution in [0.5, 0.6) is 0 Å². The van der Waals surface area contributed by atoms with E-state index in [1.807, 2.05) is 0 Å². The number of hydrogen-bond donors (Lipinski definition) is 0. The number of aryl methyl sites for hydroxylation is 1. The molecular weight excluding hydrogens is 245 g/mol. The lowest BCUT2D eigenvalue weighted by molar-refractivity contribution is 0.0729. The highest BCUT2D eigenvalue weighted by molar-refractivity contribution is 7.89. The Morgan fingerprint density at radius 1 is 1.29 bits per heavy atom. The van der Waals surface area contributed by atoms with Crippen molar-refractivity contribution < 1.29 is 17.5 Å². The highest BCUT2D eigenvalue weighted by Gasteiger charge is 2.28. The Kier molecular flexibility index (Phi) is 3.46. The van der Waals surface area contributed by atoms with Gasteiger partial charge in [-0.3, -0.25) is 0 Å². The SMILES string of the molecule is Cc1ccc(F)c(S(=O)(=O)N2CCOCC2)c1. The molecule has 2 rings (SSSR count). The van der Waals surface area contributed by atoms with E-state index in [9.17, 15) is 12.8 Å². The van der Waals surface area contributed by atoms with Crippen LogP contribution < -0.4 is 0 Å². The van der Waals surface area contributed by atoms with E-state index in [0.29, 0.717) is 13.2 Å². The molecule has 94 valence electrons. The van der Waals surface area contributed by atoms with Crippen LogP contribution in [0.4, 0.5) is 4.39 Å². The maximum Gasteiger partial charge on any atom is 0.246 e. The zero-order valence-corrected chi connectivity index (χ0v) is 10.3. The van der Waals surface area contributed by atoms with Crippen molar-refractivity contribution in [3.8, 4) is 0 Å². The molecule has 1 heterocycles. The number of nitrogens with zero attached hydrogens (tertiary/aromatic N) is 1. The molecule has 0 saturated carbocycles. The standard InChI is InChI=1S/C11H14FNO3S/c1-9-2-3-10(12)11(8-9)17(14,15)13-4-6-16-7-5-13/h2-3,8H,4-7H2,1H3. The zero-order chi connectivity index (χ0) is 12.5. The van der Waals surface area contributed by atoms with Crippen molar-refractivity contribution in [2.24, 2.45) is 0 Å². The zero-order valence-electron chi connectivity index (χ0n) is 9.52. The lowest BCUT2D eigenvalue weighted by atomic mass is 10.2. The van der Waals surface area contributed by atoms with E-state index >= 15 is 0 Å². The lowest BCUT2D eigenvalue weighted by Crippen LogP contribution is -2.40. The van der Waals surface area contributed by atoms with Crippen molar-refractivity contribution >= 4 is 10.0 Å². The predicted molar refractivity (Wildman–Crippen MR) is 60.7 cm³/mol. The van der Waals surface area contributed by atoms with Crippen LogP contribution in [-0.2, 0) is 14.8 Å². The van der Waals surface area contributed by atoms with Crippen molar-refractivity contribution in [3.63, 3.8) is 0 Å². The van der Waals surface area contributed by atoms with Crippen molar-refractivity contribution in [3.05, 3.63) is 29.6 Å². The van der Waals surface area contributed by atoms with E-state index in [2.05, 4.69) is 0 Å². The summed E-state index contributed by atoms with van der Waals surface area (Å²) in [5.74, 6) is -0.706. The van der Waals surface area contributed by atoms with Crippen molar-refractivity contribution in [1.29, 1.82) is 0 Å². The molecule has 0 atom stereocenters. The van der Waals surface area contributed by atoms with Crippen LogP contribution >= 0.6 is 0 Å². The lowest BCUT2D eigenvalue weighted by Gasteiger charge is -2.26. The van der Waals surface area contributed by atoms with E-state index in [1.165, 1.54) is 16.4 Å². The van der Waals surface area contributed by atoms with Crippen LogP contribution in [0.2, 0.25) is 0 Å². The van der Waals surface area contributed by atoms with Gasteiger partial charge in [-0.15, -0.1) is 0 Å². The molecule has 0 aromatic heterocycles. The molecule has 17 heavy (non-hydrogen) atoms. The summed E-state index contributed by atoms with van der Waals surface area (Å²) in [6, 6.07) is 4.09. The number of morpholine rings is 1. The molecule has 1 saturated heterocycles. The van der Waals surface area contributed by atoms with Gasteiger partial charge in [0, 0.05) is 13.1 Å². The number of hydrogen-bond acceptors (Lipinski definition) is 3. The first-order valence-electron chi connectivity index (χ1n) is 5.36. The van der Waals surface area contributed by atoms with Crippen LogP contribution in [0.3, 0.4) is 0 Å². The molecule has 0 N–H and O–H groups in total. The first-order valence-corrected chi connectivity index (χ1v) is 6.80. The number of benzene rings is 1. The molecule has 1 aromatic rings. The van der Waals surface area contributed by atoms with E-state index in [-0.39, 0.29) is 18.0 Å². The van der Waals surface area contributed by atoms with Gasteiger partial charge in [0.15, 0.2) is 0 Å². The third-order valence-electron chi connectivity index (χ3n) is 2.67. The second-order valence-electron chi connectivity index (χ2n) is 3.95. The molecule has 4 nitrogen and oxygen atoms in total. The fourth-order valence-electron chi connectivity index (χ4n) is 1.73.